The van der Waals surface area contributed by atoms with E-state index in [4.69, 9.17) is 4.74 Å². The van der Waals surface area contributed by atoms with Gasteiger partial charge < -0.3 is 25.2 Å². The number of carbonyl (C=O) groups is 2. The summed E-state index contributed by atoms with van der Waals surface area (Å²) < 4.78 is 5.60. The van der Waals surface area contributed by atoms with Crippen LogP contribution in [0.2, 0.25) is 0 Å². The Hall–Kier alpha value is -2.35. The zero-order valence-corrected chi connectivity index (χ0v) is 15.5. The number of pyridine rings is 1. The molecule has 3 amide bonds. The highest BCUT2D eigenvalue weighted by Gasteiger charge is 2.43. The fraction of sp³-hybridized carbons (Fsp3) is 0.632. The molecule has 1 aromatic heterocycles. The van der Waals surface area contributed by atoms with E-state index < -0.39 is 0 Å². The number of hydrogen-bond donors (Lipinski definition) is 2. The van der Waals surface area contributed by atoms with E-state index in [0.717, 1.165) is 37.3 Å². The molecule has 0 aromatic carbocycles. The van der Waals surface area contributed by atoms with Crippen LogP contribution in [0.1, 0.15) is 41.6 Å². The number of amides is 3. The maximum Gasteiger partial charge on any atom is 0.320 e. The SMILES string of the molecule is CC1CNC(=O)c2cnc(N[C@@H]3CCN(C(=O)N4C[C@@H]5C[C@H]4CO5)C3)cc21. The van der Waals surface area contributed by atoms with Crippen LogP contribution in [0.15, 0.2) is 12.3 Å². The number of aromatic nitrogens is 1. The number of nitrogens with one attached hydrogen (secondary N) is 2. The Morgan fingerprint density at radius 3 is 3.07 bits per heavy atom. The molecule has 0 saturated carbocycles. The quantitative estimate of drug-likeness (QED) is 0.810. The van der Waals surface area contributed by atoms with Crippen molar-refractivity contribution in [3.05, 3.63) is 23.4 Å². The molecule has 1 aromatic rings. The monoisotopic (exact) mass is 371 g/mol. The maximum atomic E-state index is 12.8. The van der Waals surface area contributed by atoms with Crippen LogP contribution in [0.3, 0.4) is 0 Å². The number of nitrogens with zero attached hydrogens (tertiary/aromatic N) is 3. The summed E-state index contributed by atoms with van der Waals surface area (Å²) in [7, 11) is 0. The highest BCUT2D eigenvalue weighted by Crippen LogP contribution is 2.30. The molecule has 3 saturated heterocycles. The molecular weight excluding hydrogens is 346 g/mol. The van der Waals surface area contributed by atoms with Gasteiger partial charge in [0.1, 0.15) is 5.82 Å². The number of urea groups is 1. The number of fused-ring (bicyclic) bond motifs is 3. The van der Waals surface area contributed by atoms with Crippen molar-refractivity contribution < 1.29 is 14.3 Å². The van der Waals surface area contributed by atoms with Crippen LogP contribution in [-0.2, 0) is 4.74 Å². The topological polar surface area (TPSA) is 86.8 Å². The molecule has 144 valence electrons. The summed E-state index contributed by atoms with van der Waals surface area (Å²) in [5.74, 6) is 1.00. The normalized spacial score (nSPS) is 31.8. The second-order valence-corrected chi connectivity index (χ2v) is 8.12. The van der Waals surface area contributed by atoms with Gasteiger partial charge in [0.25, 0.3) is 5.91 Å². The molecule has 0 aliphatic carbocycles. The first kappa shape index (κ1) is 16.8. The van der Waals surface area contributed by atoms with E-state index in [1.807, 2.05) is 15.9 Å². The maximum absolute atomic E-state index is 12.8. The van der Waals surface area contributed by atoms with E-state index in [1.165, 1.54) is 0 Å². The Morgan fingerprint density at radius 1 is 1.41 bits per heavy atom. The van der Waals surface area contributed by atoms with Gasteiger partial charge in [-0.2, -0.15) is 0 Å². The number of ether oxygens (including phenoxy) is 1. The zero-order valence-electron chi connectivity index (χ0n) is 15.5. The number of rotatable bonds is 2. The smallest absolute Gasteiger partial charge is 0.320 e. The molecule has 5 rings (SSSR count). The third-order valence-corrected chi connectivity index (χ3v) is 6.24. The highest BCUT2D eigenvalue weighted by molar-refractivity contribution is 5.97. The van der Waals surface area contributed by atoms with Crippen LogP contribution < -0.4 is 10.6 Å². The minimum absolute atomic E-state index is 0.0521. The molecule has 2 bridgehead atoms. The second kappa shape index (κ2) is 6.37. The lowest BCUT2D eigenvalue weighted by Gasteiger charge is -2.31. The lowest BCUT2D eigenvalue weighted by atomic mass is 9.93. The van der Waals surface area contributed by atoms with Gasteiger partial charge in [-0.05, 0) is 30.4 Å². The summed E-state index contributed by atoms with van der Waals surface area (Å²) in [6, 6.07) is 2.56. The van der Waals surface area contributed by atoms with Crippen LogP contribution in [0.5, 0.6) is 0 Å². The fourth-order valence-corrected chi connectivity index (χ4v) is 4.67. The predicted molar refractivity (Wildman–Crippen MR) is 98.8 cm³/mol. The van der Waals surface area contributed by atoms with Crippen molar-refractivity contribution in [1.29, 1.82) is 0 Å². The molecule has 0 radical (unpaired) electrons. The van der Waals surface area contributed by atoms with Crippen molar-refractivity contribution >= 4 is 17.8 Å². The highest BCUT2D eigenvalue weighted by atomic mass is 16.5. The minimum atomic E-state index is -0.0521. The van der Waals surface area contributed by atoms with Gasteiger partial charge in [-0.1, -0.05) is 6.92 Å². The van der Waals surface area contributed by atoms with E-state index in [0.29, 0.717) is 25.3 Å². The van der Waals surface area contributed by atoms with Crippen LogP contribution >= 0.6 is 0 Å². The summed E-state index contributed by atoms with van der Waals surface area (Å²) in [6.45, 7) is 5.60. The summed E-state index contributed by atoms with van der Waals surface area (Å²) in [6.07, 6.45) is 3.77. The molecule has 4 aliphatic rings. The minimum Gasteiger partial charge on any atom is -0.374 e. The number of carbonyl (C=O) groups excluding carboxylic acids is 2. The molecule has 27 heavy (non-hydrogen) atoms. The summed E-state index contributed by atoms with van der Waals surface area (Å²) in [4.78, 5) is 33.1. The summed E-state index contributed by atoms with van der Waals surface area (Å²) >= 11 is 0. The van der Waals surface area contributed by atoms with Crippen molar-refractivity contribution in [2.45, 2.75) is 43.9 Å². The van der Waals surface area contributed by atoms with Gasteiger partial charge in [-0.3, -0.25) is 4.79 Å². The molecule has 2 N–H and O–H groups in total. The first-order chi connectivity index (χ1) is 13.1. The first-order valence-corrected chi connectivity index (χ1v) is 9.80. The third-order valence-electron chi connectivity index (χ3n) is 6.24. The Labute approximate surface area is 158 Å². The number of likely N-dealkylation sites (tertiary alicyclic amines) is 2. The lowest BCUT2D eigenvalue weighted by Crippen LogP contribution is -2.48. The summed E-state index contributed by atoms with van der Waals surface area (Å²) in [5.41, 5.74) is 1.70. The Bertz CT molecular complexity index is 785. The third kappa shape index (κ3) is 2.92. The van der Waals surface area contributed by atoms with Gasteiger partial charge in [0.15, 0.2) is 0 Å². The molecule has 0 spiro atoms. The van der Waals surface area contributed by atoms with Crippen molar-refractivity contribution in [2.75, 3.05) is 38.1 Å². The number of anilines is 1. The van der Waals surface area contributed by atoms with Crippen molar-refractivity contribution in [1.82, 2.24) is 20.1 Å². The van der Waals surface area contributed by atoms with Gasteiger partial charge in [0.2, 0.25) is 0 Å². The van der Waals surface area contributed by atoms with E-state index in [2.05, 4.69) is 22.5 Å². The van der Waals surface area contributed by atoms with Gasteiger partial charge in [0.05, 0.1) is 24.3 Å². The number of morpholine rings is 1. The molecule has 4 atom stereocenters. The molecule has 8 heteroatoms. The van der Waals surface area contributed by atoms with E-state index in [9.17, 15) is 9.59 Å². The van der Waals surface area contributed by atoms with E-state index in [1.54, 1.807) is 6.20 Å². The zero-order chi connectivity index (χ0) is 18.5. The Morgan fingerprint density at radius 2 is 2.30 bits per heavy atom. The second-order valence-electron chi connectivity index (χ2n) is 8.12. The average molecular weight is 371 g/mol. The van der Waals surface area contributed by atoms with Gasteiger partial charge in [-0.15, -0.1) is 0 Å². The van der Waals surface area contributed by atoms with Gasteiger partial charge in [-0.25, -0.2) is 9.78 Å². The van der Waals surface area contributed by atoms with Crippen LogP contribution in [0.4, 0.5) is 10.6 Å². The standard InChI is InChI=1S/C19H25N5O3/c1-11-6-21-18(25)16-7-20-17(5-15(11)16)22-12-2-3-23(8-12)19(26)24-9-14-4-13(24)10-27-14/h5,7,11-14H,2-4,6,8-10H2,1H3,(H,20,22)(H,21,25)/t11?,12-,13+,14+/m1/s1. The molecule has 8 nitrogen and oxygen atoms in total. The van der Waals surface area contributed by atoms with E-state index >= 15 is 0 Å². The molecule has 4 aliphatic heterocycles. The van der Waals surface area contributed by atoms with Crippen LogP contribution in [-0.4, -0.2) is 77.7 Å². The van der Waals surface area contributed by atoms with Crippen molar-refractivity contribution in [3.8, 4) is 0 Å². The van der Waals surface area contributed by atoms with Crippen molar-refractivity contribution in [3.63, 3.8) is 0 Å². The van der Waals surface area contributed by atoms with Crippen molar-refractivity contribution in [2.24, 2.45) is 0 Å². The lowest BCUT2D eigenvalue weighted by molar-refractivity contribution is 0.0378. The summed E-state index contributed by atoms with van der Waals surface area (Å²) in [5, 5.41) is 6.34. The largest absolute Gasteiger partial charge is 0.374 e. The molecule has 3 fully saturated rings. The molecule has 5 heterocycles. The Balaban J connectivity index is 1.23. The van der Waals surface area contributed by atoms with Gasteiger partial charge >= 0.3 is 6.03 Å². The molecule has 1 unspecified atom stereocenters. The average Bonchev–Trinajstić information content (AvgIpc) is 3.41. The molecular formula is C19H25N5O3. The van der Waals surface area contributed by atoms with Crippen LogP contribution in [0.25, 0.3) is 0 Å². The number of hydrogen-bond acceptors (Lipinski definition) is 5. The van der Waals surface area contributed by atoms with Gasteiger partial charge in [0, 0.05) is 38.4 Å². The van der Waals surface area contributed by atoms with Crippen LogP contribution in [0, 0.1) is 0 Å². The Kier molecular flexibility index (Phi) is 3.96. The predicted octanol–water partition coefficient (Wildman–Crippen LogP) is 1.01. The first-order valence-electron chi connectivity index (χ1n) is 9.80. The van der Waals surface area contributed by atoms with E-state index in [-0.39, 0.29) is 36.0 Å². The fourth-order valence-electron chi connectivity index (χ4n) is 4.67.